The van der Waals surface area contributed by atoms with E-state index in [0.717, 1.165) is 37.1 Å². The molecule has 31 heavy (non-hydrogen) atoms. The summed E-state index contributed by atoms with van der Waals surface area (Å²) in [5, 5.41) is 3.77. The molecule has 0 saturated carbocycles. The van der Waals surface area contributed by atoms with E-state index in [1.807, 2.05) is 12.1 Å². The molecule has 1 aromatic carbocycles. The molecule has 0 bridgehead atoms. The summed E-state index contributed by atoms with van der Waals surface area (Å²) in [4.78, 5) is 19.7. The van der Waals surface area contributed by atoms with Crippen LogP contribution in [0.4, 0.5) is 26.2 Å². The predicted octanol–water partition coefficient (Wildman–Crippen LogP) is 3.95. The van der Waals surface area contributed by atoms with Crippen LogP contribution in [0.25, 0.3) is 22.2 Å². The Morgan fingerprint density at radius 3 is 2.61 bits per heavy atom. The van der Waals surface area contributed by atoms with E-state index in [0.29, 0.717) is 35.8 Å². The van der Waals surface area contributed by atoms with Crippen molar-refractivity contribution in [3.63, 3.8) is 0 Å². The van der Waals surface area contributed by atoms with Crippen molar-refractivity contribution in [1.29, 1.82) is 0 Å². The largest absolute Gasteiger partial charge is 0.378 e. The summed E-state index contributed by atoms with van der Waals surface area (Å²) >= 11 is 0. The SMILES string of the molecule is Fc1ccc(F)c(-c2nccc3cnc(Nc4ccc(N5CCOCC5)nc4)nc23)c1. The number of nitrogens with zero attached hydrogens (tertiary/aromatic N) is 5. The van der Waals surface area contributed by atoms with Gasteiger partial charge in [-0.3, -0.25) is 4.98 Å². The van der Waals surface area contributed by atoms with Crippen molar-refractivity contribution in [3.8, 4) is 11.3 Å². The quantitative estimate of drug-likeness (QED) is 0.536. The zero-order chi connectivity index (χ0) is 21.2. The number of benzene rings is 1. The maximum atomic E-state index is 14.3. The van der Waals surface area contributed by atoms with Crippen LogP contribution in [0.15, 0.2) is 55.0 Å². The summed E-state index contributed by atoms with van der Waals surface area (Å²) < 4.78 is 33.4. The minimum absolute atomic E-state index is 0.0479. The summed E-state index contributed by atoms with van der Waals surface area (Å²) in [6, 6.07) is 8.79. The van der Waals surface area contributed by atoms with Crippen LogP contribution in [0.5, 0.6) is 0 Å². The van der Waals surface area contributed by atoms with Crippen molar-refractivity contribution in [2.24, 2.45) is 0 Å². The molecular formula is C22H18F2N6O. The molecule has 0 amide bonds. The van der Waals surface area contributed by atoms with Crippen molar-refractivity contribution in [2.75, 3.05) is 36.5 Å². The summed E-state index contributed by atoms with van der Waals surface area (Å²) in [5.41, 5.74) is 1.42. The van der Waals surface area contributed by atoms with Gasteiger partial charge in [0.15, 0.2) is 0 Å². The molecule has 9 heteroatoms. The van der Waals surface area contributed by atoms with E-state index in [1.54, 1.807) is 18.5 Å². The van der Waals surface area contributed by atoms with Gasteiger partial charge in [0.05, 0.1) is 30.8 Å². The Bertz CT molecular complexity index is 1230. The molecule has 4 aromatic rings. The molecule has 7 nitrogen and oxygen atoms in total. The molecule has 0 aliphatic carbocycles. The van der Waals surface area contributed by atoms with Crippen molar-refractivity contribution in [3.05, 3.63) is 66.6 Å². The summed E-state index contributed by atoms with van der Waals surface area (Å²) in [7, 11) is 0. The number of ether oxygens (including phenoxy) is 1. The lowest BCUT2D eigenvalue weighted by molar-refractivity contribution is 0.122. The Balaban J connectivity index is 1.45. The highest BCUT2D eigenvalue weighted by Gasteiger charge is 2.15. The van der Waals surface area contributed by atoms with Gasteiger partial charge < -0.3 is 15.0 Å². The maximum Gasteiger partial charge on any atom is 0.227 e. The van der Waals surface area contributed by atoms with Gasteiger partial charge in [-0.15, -0.1) is 0 Å². The lowest BCUT2D eigenvalue weighted by Crippen LogP contribution is -2.36. The second kappa shape index (κ2) is 8.19. The highest BCUT2D eigenvalue weighted by Crippen LogP contribution is 2.28. The zero-order valence-electron chi connectivity index (χ0n) is 16.4. The number of anilines is 3. The molecule has 1 aliphatic heterocycles. The van der Waals surface area contributed by atoms with E-state index < -0.39 is 11.6 Å². The molecule has 3 aromatic heterocycles. The molecular weight excluding hydrogens is 402 g/mol. The molecule has 156 valence electrons. The van der Waals surface area contributed by atoms with Gasteiger partial charge in [0.25, 0.3) is 0 Å². The molecule has 4 heterocycles. The second-order valence-electron chi connectivity index (χ2n) is 7.04. The Hall–Kier alpha value is -3.72. The van der Waals surface area contributed by atoms with E-state index in [1.165, 1.54) is 6.20 Å². The van der Waals surface area contributed by atoms with E-state index >= 15 is 0 Å². The monoisotopic (exact) mass is 420 g/mol. The first kappa shape index (κ1) is 19.3. The topological polar surface area (TPSA) is 76.1 Å². The molecule has 0 radical (unpaired) electrons. The fourth-order valence-electron chi connectivity index (χ4n) is 3.46. The molecule has 1 saturated heterocycles. The third-order valence-corrected chi connectivity index (χ3v) is 5.02. The van der Waals surface area contributed by atoms with E-state index in [9.17, 15) is 8.78 Å². The van der Waals surface area contributed by atoms with Crippen LogP contribution >= 0.6 is 0 Å². The normalized spacial score (nSPS) is 14.1. The summed E-state index contributed by atoms with van der Waals surface area (Å²) in [5.74, 6) is 0.0623. The number of halogens is 2. The van der Waals surface area contributed by atoms with Crippen LogP contribution in [0.2, 0.25) is 0 Å². The van der Waals surface area contributed by atoms with Gasteiger partial charge in [0.2, 0.25) is 5.95 Å². The Morgan fingerprint density at radius 2 is 1.81 bits per heavy atom. The van der Waals surface area contributed by atoms with Crippen LogP contribution in [-0.4, -0.2) is 46.2 Å². The first-order chi connectivity index (χ1) is 15.2. The molecule has 5 rings (SSSR count). The van der Waals surface area contributed by atoms with E-state index in [4.69, 9.17) is 4.74 Å². The fourth-order valence-corrected chi connectivity index (χ4v) is 3.46. The first-order valence-corrected chi connectivity index (χ1v) is 9.80. The number of fused-ring (bicyclic) bond motifs is 1. The predicted molar refractivity (Wildman–Crippen MR) is 113 cm³/mol. The van der Waals surface area contributed by atoms with E-state index in [2.05, 4.69) is 30.2 Å². The van der Waals surface area contributed by atoms with Crippen molar-refractivity contribution < 1.29 is 13.5 Å². The van der Waals surface area contributed by atoms with Crippen molar-refractivity contribution in [2.45, 2.75) is 0 Å². The van der Waals surface area contributed by atoms with Gasteiger partial charge in [-0.2, -0.15) is 0 Å². The van der Waals surface area contributed by atoms with E-state index in [-0.39, 0.29) is 11.3 Å². The third kappa shape index (κ3) is 3.99. The first-order valence-electron chi connectivity index (χ1n) is 9.80. The molecule has 1 fully saturated rings. The Kier molecular flexibility index (Phi) is 5.09. The highest BCUT2D eigenvalue weighted by atomic mass is 19.1. The van der Waals surface area contributed by atoms with Crippen LogP contribution in [0.3, 0.4) is 0 Å². The number of aromatic nitrogens is 4. The summed E-state index contributed by atoms with van der Waals surface area (Å²) in [6.45, 7) is 2.99. The van der Waals surface area contributed by atoms with Gasteiger partial charge >= 0.3 is 0 Å². The molecule has 1 N–H and O–H groups in total. The zero-order valence-corrected chi connectivity index (χ0v) is 16.4. The minimum atomic E-state index is -0.572. The van der Waals surface area contributed by atoms with Crippen molar-refractivity contribution >= 4 is 28.4 Å². The lowest BCUT2D eigenvalue weighted by atomic mass is 10.1. The van der Waals surface area contributed by atoms with Crippen LogP contribution in [-0.2, 0) is 4.74 Å². The third-order valence-electron chi connectivity index (χ3n) is 5.02. The number of pyridine rings is 2. The Labute approximate surface area is 176 Å². The number of hydrogen-bond acceptors (Lipinski definition) is 7. The van der Waals surface area contributed by atoms with Gasteiger partial charge in [-0.25, -0.2) is 23.7 Å². The highest BCUT2D eigenvalue weighted by molar-refractivity contribution is 5.91. The number of rotatable bonds is 4. The van der Waals surface area contributed by atoms with Gasteiger partial charge in [-0.05, 0) is 36.4 Å². The molecule has 0 unspecified atom stereocenters. The number of morpholine rings is 1. The van der Waals surface area contributed by atoms with Crippen LogP contribution in [0.1, 0.15) is 0 Å². The summed E-state index contributed by atoms with van der Waals surface area (Å²) in [6.07, 6.45) is 4.84. The Morgan fingerprint density at radius 1 is 0.935 bits per heavy atom. The lowest BCUT2D eigenvalue weighted by Gasteiger charge is -2.27. The minimum Gasteiger partial charge on any atom is -0.378 e. The molecule has 0 atom stereocenters. The average Bonchev–Trinajstić information content (AvgIpc) is 2.81. The van der Waals surface area contributed by atoms with Crippen LogP contribution in [0, 0.1) is 11.6 Å². The van der Waals surface area contributed by atoms with Crippen molar-refractivity contribution in [1.82, 2.24) is 19.9 Å². The fraction of sp³-hybridized carbons (Fsp3) is 0.182. The number of hydrogen-bond donors (Lipinski definition) is 1. The molecule has 0 spiro atoms. The average molecular weight is 420 g/mol. The van der Waals surface area contributed by atoms with Gasteiger partial charge in [0, 0.05) is 36.4 Å². The standard InChI is InChI=1S/C22H18F2N6O/c23-15-1-3-18(24)17(11-15)21-20-14(5-6-25-21)12-27-22(29-20)28-16-2-4-19(26-13-16)30-7-9-31-10-8-30/h1-6,11-13H,7-10H2,(H,27,28,29). The molecule has 1 aliphatic rings. The van der Waals surface area contributed by atoms with Gasteiger partial charge in [0.1, 0.15) is 23.0 Å². The maximum absolute atomic E-state index is 14.3. The van der Waals surface area contributed by atoms with Crippen LogP contribution < -0.4 is 10.2 Å². The van der Waals surface area contributed by atoms with Gasteiger partial charge in [-0.1, -0.05) is 0 Å². The second-order valence-corrected chi connectivity index (χ2v) is 7.04. The smallest absolute Gasteiger partial charge is 0.227 e. The number of nitrogens with one attached hydrogen (secondary N) is 1.